The first-order valence-corrected chi connectivity index (χ1v) is 5.87. The predicted molar refractivity (Wildman–Crippen MR) is 65.1 cm³/mol. The third kappa shape index (κ3) is 3.32. The van der Waals surface area contributed by atoms with Crippen molar-refractivity contribution in [1.29, 1.82) is 0 Å². The van der Waals surface area contributed by atoms with E-state index in [2.05, 4.69) is 18.9 Å². The highest BCUT2D eigenvalue weighted by Crippen LogP contribution is 2.13. The van der Waals surface area contributed by atoms with Crippen molar-refractivity contribution < 1.29 is 4.74 Å². The van der Waals surface area contributed by atoms with Gasteiger partial charge in [0.25, 0.3) is 0 Å². The quantitative estimate of drug-likeness (QED) is 0.802. The van der Waals surface area contributed by atoms with Gasteiger partial charge in [0.15, 0.2) is 0 Å². The van der Waals surface area contributed by atoms with Crippen molar-refractivity contribution in [2.24, 2.45) is 12.8 Å². The van der Waals surface area contributed by atoms with Gasteiger partial charge in [-0.3, -0.25) is 4.68 Å². The van der Waals surface area contributed by atoms with Crippen LogP contribution in [0.2, 0.25) is 0 Å². The van der Waals surface area contributed by atoms with Crippen molar-refractivity contribution in [3.63, 3.8) is 0 Å². The smallest absolute Gasteiger partial charge is 0.0885 e. The van der Waals surface area contributed by atoms with Crippen LogP contribution in [0, 0.1) is 6.92 Å². The summed E-state index contributed by atoms with van der Waals surface area (Å²) in [6, 6.07) is 2.04. The van der Waals surface area contributed by atoms with Gasteiger partial charge in [-0.05, 0) is 25.8 Å². The van der Waals surface area contributed by atoms with Gasteiger partial charge in [0, 0.05) is 12.6 Å². The Morgan fingerprint density at radius 1 is 1.44 bits per heavy atom. The molecule has 0 bridgehead atoms. The largest absolute Gasteiger partial charge is 0.373 e. The van der Waals surface area contributed by atoms with Crippen molar-refractivity contribution in [2.45, 2.75) is 45.8 Å². The zero-order chi connectivity index (χ0) is 12.2. The fourth-order valence-electron chi connectivity index (χ4n) is 1.61. The molecule has 16 heavy (non-hydrogen) atoms. The van der Waals surface area contributed by atoms with Crippen LogP contribution in [0.3, 0.4) is 0 Å². The maximum Gasteiger partial charge on any atom is 0.0885 e. The molecule has 0 amide bonds. The van der Waals surface area contributed by atoms with Gasteiger partial charge in [-0.25, -0.2) is 0 Å². The van der Waals surface area contributed by atoms with Crippen molar-refractivity contribution in [1.82, 2.24) is 9.78 Å². The Bertz CT molecular complexity index is 329. The van der Waals surface area contributed by atoms with Crippen LogP contribution < -0.4 is 5.73 Å². The number of nitrogens with zero attached hydrogens (tertiary/aromatic N) is 2. The van der Waals surface area contributed by atoms with E-state index in [-0.39, 0.29) is 5.54 Å². The van der Waals surface area contributed by atoms with E-state index in [4.69, 9.17) is 10.5 Å². The third-order valence-electron chi connectivity index (χ3n) is 3.15. The Labute approximate surface area is 97.8 Å². The molecule has 1 aromatic rings. The number of hydrogen-bond donors (Lipinski definition) is 1. The molecule has 0 radical (unpaired) electrons. The van der Waals surface area contributed by atoms with Gasteiger partial charge in [-0.1, -0.05) is 13.8 Å². The summed E-state index contributed by atoms with van der Waals surface area (Å²) in [4.78, 5) is 0. The van der Waals surface area contributed by atoms with Gasteiger partial charge in [0.2, 0.25) is 0 Å². The average Bonchev–Trinajstić information content (AvgIpc) is 2.57. The summed E-state index contributed by atoms with van der Waals surface area (Å²) in [6.45, 7) is 7.36. The SMILES string of the molecule is CCC(N)(CC)COCc1cc(C)nn1C. The normalized spacial score (nSPS) is 12.1. The standard InChI is InChI=1S/C12H23N3O/c1-5-12(13,6-2)9-16-8-11-7-10(3)14-15(11)4/h7H,5-6,8-9,13H2,1-4H3. The molecule has 92 valence electrons. The second-order valence-electron chi connectivity index (χ2n) is 4.46. The van der Waals surface area contributed by atoms with Gasteiger partial charge in [0.05, 0.1) is 24.6 Å². The summed E-state index contributed by atoms with van der Waals surface area (Å²) in [5.74, 6) is 0. The second kappa shape index (κ2) is 5.46. The maximum atomic E-state index is 6.16. The molecule has 0 aliphatic heterocycles. The van der Waals surface area contributed by atoms with E-state index in [9.17, 15) is 0 Å². The molecular weight excluding hydrogens is 202 g/mol. The Balaban J connectivity index is 2.44. The van der Waals surface area contributed by atoms with Crippen LogP contribution in [0.1, 0.15) is 38.1 Å². The molecule has 0 fully saturated rings. The number of rotatable bonds is 6. The molecule has 4 heteroatoms. The molecule has 0 saturated carbocycles. The number of hydrogen-bond acceptors (Lipinski definition) is 3. The van der Waals surface area contributed by atoms with Gasteiger partial charge in [-0.15, -0.1) is 0 Å². The third-order valence-corrected chi connectivity index (χ3v) is 3.15. The minimum Gasteiger partial charge on any atom is -0.373 e. The minimum absolute atomic E-state index is 0.187. The van der Waals surface area contributed by atoms with Gasteiger partial charge in [0.1, 0.15) is 0 Å². The van der Waals surface area contributed by atoms with E-state index in [1.54, 1.807) is 0 Å². The lowest BCUT2D eigenvalue weighted by Gasteiger charge is -2.26. The summed E-state index contributed by atoms with van der Waals surface area (Å²) >= 11 is 0. The van der Waals surface area contributed by atoms with Gasteiger partial charge in [-0.2, -0.15) is 5.10 Å². The molecule has 0 saturated heterocycles. The van der Waals surface area contributed by atoms with Crippen LogP contribution in [0.25, 0.3) is 0 Å². The Hall–Kier alpha value is -0.870. The summed E-state index contributed by atoms with van der Waals surface area (Å²) in [6.07, 6.45) is 1.88. The molecule has 1 rings (SSSR count). The molecule has 1 heterocycles. The van der Waals surface area contributed by atoms with Crippen molar-refractivity contribution >= 4 is 0 Å². The first kappa shape index (κ1) is 13.2. The minimum atomic E-state index is -0.187. The molecule has 4 nitrogen and oxygen atoms in total. The molecule has 0 aliphatic rings. The van der Waals surface area contributed by atoms with Crippen LogP contribution >= 0.6 is 0 Å². The van der Waals surface area contributed by atoms with Crippen LogP contribution in [-0.4, -0.2) is 21.9 Å². The Morgan fingerprint density at radius 2 is 2.06 bits per heavy atom. The topological polar surface area (TPSA) is 53.1 Å². The van der Waals surface area contributed by atoms with Gasteiger partial charge < -0.3 is 10.5 Å². The molecule has 0 aliphatic carbocycles. The number of aryl methyl sites for hydroxylation is 2. The van der Waals surface area contributed by atoms with E-state index in [0.29, 0.717) is 13.2 Å². The Morgan fingerprint density at radius 3 is 2.50 bits per heavy atom. The molecular formula is C12H23N3O. The van der Waals surface area contributed by atoms with Crippen LogP contribution in [0.4, 0.5) is 0 Å². The highest BCUT2D eigenvalue weighted by Gasteiger charge is 2.20. The maximum absolute atomic E-state index is 6.16. The van der Waals surface area contributed by atoms with E-state index in [0.717, 1.165) is 24.2 Å². The first-order chi connectivity index (χ1) is 7.50. The summed E-state index contributed by atoms with van der Waals surface area (Å²) in [7, 11) is 1.93. The summed E-state index contributed by atoms with van der Waals surface area (Å²) in [5.41, 5.74) is 8.08. The lowest BCUT2D eigenvalue weighted by molar-refractivity contribution is 0.0660. The molecule has 1 aromatic heterocycles. The second-order valence-corrected chi connectivity index (χ2v) is 4.46. The molecule has 0 unspecified atom stereocenters. The number of nitrogens with two attached hydrogens (primary N) is 1. The Kier molecular flexibility index (Phi) is 4.50. The van der Waals surface area contributed by atoms with Gasteiger partial charge >= 0.3 is 0 Å². The first-order valence-electron chi connectivity index (χ1n) is 5.87. The summed E-state index contributed by atoms with van der Waals surface area (Å²) < 4.78 is 7.53. The van der Waals surface area contributed by atoms with E-state index in [1.807, 2.05) is 24.7 Å². The van der Waals surface area contributed by atoms with E-state index in [1.165, 1.54) is 0 Å². The zero-order valence-electron chi connectivity index (χ0n) is 10.8. The highest BCUT2D eigenvalue weighted by atomic mass is 16.5. The monoisotopic (exact) mass is 225 g/mol. The molecule has 0 atom stereocenters. The zero-order valence-corrected chi connectivity index (χ0v) is 10.8. The molecule has 0 spiro atoms. The lowest BCUT2D eigenvalue weighted by atomic mass is 9.96. The van der Waals surface area contributed by atoms with Crippen LogP contribution in [-0.2, 0) is 18.4 Å². The number of aromatic nitrogens is 2. The average molecular weight is 225 g/mol. The number of ether oxygens (including phenoxy) is 1. The lowest BCUT2D eigenvalue weighted by Crippen LogP contribution is -2.43. The molecule has 2 N–H and O–H groups in total. The fraction of sp³-hybridized carbons (Fsp3) is 0.750. The van der Waals surface area contributed by atoms with Crippen LogP contribution in [0.5, 0.6) is 0 Å². The fourth-order valence-corrected chi connectivity index (χ4v) is 1.61. The van der Waals surface area contributed by atoms with E-state index < -0.39 is 0 Å². The summed E-state index contributed by atoms with van der Waals surface area (Å²) in [5, 5.41) is 4.27. The van der Waals surface area contributed by atoms with Crippen molar-refractivity contribution in [3.05, 3.63) is 17.5 Å². The van der Waals surface area contributed by atoms with Crippen molar-refractivity contribution in [3.8, 4) is 0 Å². The van der Waals surface area contributed by atoms with Crippen LogP contribution in [0.15, 0.2) is 6.07 Å². The van der Waals surface area contributed by atoms with E-state index >= 15 is 0 Å². The van der Waals surface area contributed by atoms with Crippen molar-refractivity contribution in [2.75, 3.05) is 6.61 Å². The predicted octanol–water partition coefficient (Wildman–Crippen LogP) is 1.76. The molecule has 0 aromatic carbocycles. The highest BCUT2D eigenvalue weighted by molar-refractivity contribution is 5.07.